The summed E-state index contributed by atoms with van der Waals surface area (Å²) in [5.74, 6) is 0.348. The van der Waals surface area contributed by atoms with Gasteiger partial charge in [0.25, 0.3) is 0 Å². The number of carbonyl (C=O) groups excluding carboxylic acids is 2. The van der Waals surface area contributed by atoms with Crippen molar-refractivity contribution in [2.45, 2.75) is 58.5 Å². The van der Waals surface area contributed by atoms with Gasteiger partial charge in [0.2, 0.25) is 0 Å². The molecule has 1 heterocycles. The Kier molecular flexibility index (Phi) is 3.39. The van der Waals surface area contributed by atoms with Crippen molar-refractivity contribution < 1.29 is 14.3 Å². The number of likely N-dealkylation sites (tertiary alicyclic amines) is 1. The second kappa shape index (κ2) is 4.56. The average Bonchev–Trinajstić information content (AvgIpc) is 2.57. The van der Waals surface area contributed by atoms with Gasteiger partial charge < -0.3 is 9.64 Å². The van der Waals surface area contributed by atoms with Crippen molar-refractivity contribution in [1.29, 1.82) is 0 Å². The minimum absolute atomic E-state index is 0.0479. The normalized spacial score (nSPS) is 28.8. The third-order valence-corrected chi connectivity index (χ3v) is 3.82. The van der Waals surface area contributed by atoms with Crippen molar-refractivity contribution >= 4 is 11.9 Å². The highest BCUT2D eigenvalue weighted by Gasteiger charge is 2.43. The van der Waals surface area contributed by atoms with E-state index in [0.717, 1.165) is 25.8 Å². The second-order valence-electron chi connectivity index (χ2n) is 6.72. The van der Waals surface area contributed by atoms with Crippen LogP contribution >= 0.6 is 0 Å². The highest BCUT2D eigenvalue weighted by atomic mass is 16.6. The van der Waals surface area contributed by atoms with Gasteiger partial charge >= 0.3 is 6.09 Å². The summed E-state index contributed by atoms with van der Waals surface area (Å²) in [7, 11) is 0. The molecular weight excluding hydrogens is 230 g/mol. The van der Waals surface area contributed by atoms with E-state index >= 15 is 0 Å². The van der Waals surface area contributed by atoms with E-state index < -0.39 is 5.60 Å². The van der Waals surface area contributed by atoms with Crippen molar-refractivity contribution in [1.82, 2.24) is 4.90 Å². The molecule has 2 rings (SSSR count). The fourth-order valence-corrected chi connectivity index (χ4v) is 3.04. The first-order valence-electron chi connectivity index (χ1n) is 6.79. The molecule has 0 unspecified atom stereocenters. The molecule has 0 aromatic rings. The van der Waals surface area contributed by atoms with Crippen LogP contribution in [-0.4, -0.2) is 35.5 Å². The maximum atomic E-state index is 12.1. The van der Waals surface area contributed by atoms with Crippen LogP contribution in [0.4, 0.5) is 4.79 Å². The highest BCUT2D eigenvalue weighted by Crippen LogP contribution is 2.43. The summed E-state index contributed by atoms with van der Waals surface area (Å²) in [4.78, 5) is 25.3. The van der Waals surface area contributed by atoms with Crippen LogP contribution in [0.1, 0.15) is 52.9 Å². The molecule has 4 heteroatoms. The molecule has 102 valence electrons. The molecule has 1 spiro atoms. The Morgan fingerprint density at radius 3 is 2.61 bits per heavy atom. The molecule has 18 heavy (non-hydrogen) atoms. The average molecular weight is 253 g/mol. The zero-order valence-electron chi connectivity index (χ0n) is 11.6. The van der Waals surface area contributed by atoms with Gasteiger partial charge in [-0.05, 0) is 45.4 Å². The molecular formula is C14H23NO3. The van der Waals surface area contributed by atoms with Gasteiger partial charge in [-0.1, -0.05) is 0 Å². The minimum atomic E-state index is -0.451. The number of carbonyl (C=O) groups is 2. The SMILES string of the molecule is CC(C)(C)OC(=O)N1CCC[C@@]2(CCC(=O)C2)C1. The largest absolute Gasteiger partial charge is 0.444 e. The zero-order chi connectivity index (χ0) is 13.4. The molecule has 0 aromatic heterocycles. The van der Waals surface area contributed by atoms with Crippen molar-refractivity contribution in [3.05, 3.63) is 0 Å². The third kappa shape index (κ3) is 3.03. The van der Waals surface area contributed by atoms with Crippen LogP contribution in [0.15, 0.2) is 0 Å². The standard InChI is InChI=1S/C14H23NO3/c1-13(2,3)18-12(17)15-8-4-6-14(10-15)7-5-11(16)9-14/h4-10H2,1-3H3/t14-/m0/s1. The summed E-state index contributed by atoms with van der Waals surface area (Å²) in [6, 6.07) is 0. The lowest BCUT2D eigenvalue weighted by Crippen LogP contribution is -2.47. The smallest absolute Gasteiger partial charge is 0.410 e. The van der Waals surface area contributed by atoms with E-state index in [2.05, 4.69) is 0 Å². The van der Waals surface area contributed by atoms with Gasteiger partial charge in [0.1, 0.15) is 11.4 Å². The molecule has 1 aliphatic heterocycles. The van der Waals surface area contributed by atoms with Gasteiger partial charge in [-0.2, -0.15) is 0 Å². The maximum Gasteiger partial charge on any atom is 0.410 e. The Hall–Kier alpha value is -1.06. The van der Waals surface area contributed by atoms with Crippen molar-refractivity contribution in [2.24, 2.45) is 5.41 Å². The Morgan fingerprint density at radius 1 is 1.33 bits per heavy atom. The molecule has 1 saturated heterocycles. The van der Waals surface area contributed by atoms with Gasteiger partial charge in [0.05, 0.1) is 0 Å². The Bertz CT molecular complexity index is 359. The number of ketones is 1. The fraction of sp³-hybridized carbons (Fsp3) is 0.857. The molecule has 0 bridgehead atoms. The number of hydrogen-bond donors (Lipinski definition) is 0. The lowest BCUT2D eigenvalue weighted by Gasteiger charge is -2.40. The summed E-state index contributed by atoms with van der Waals surface area (Å²) < 4.78 is 5.41. The summed E-state index contributed by atoms with van der Waals surface area (Å²) in [6.07, 6.45) is 4.07. The maximum absolute atomic E-state index is 12.1. The van der Waals surface area contributed by atoms with E-state index in [0.29, 0.717) is 25.2 Å². The van der Waals surface area contributed by atoms with Crippen molar-refractivity contribution in [2.75, 3.05) is 13.1 Å². The Balaban J connectivity index is 1.99. The molecule has 0 N–H and O–H groups in total. The van der Waals surface area contributed by atoms with E-state index in [1.54, 1.807) is 4.90 Å². The molecule has 2 fully saturated rings. The van der Waals surface area contributed by atoms with Crippen LogP contribution in [0.5, 0.6) is 0 Å². The molecule has 4 nitrogen and oxygen atoms in total. The third-order valence-electron chi connectivity index (χ3n) is 3.82. The Labute approximate surface area is 109 Å². The van der Waals surface area contributed by atoms with Gasteiger partial charge in [0, 0.05) is 25.9 Å². The molecule has 0 aromatic carbocycles. The summed E-state index contributed by atoms with van der Waals surface area (Å²) >= 11 is 0. The topological polar surface area (TPSA) is 46.6 Å². The molecule has 1 atom stereocenters. The first-order chi connectivity index (χ1) is 8.30. The molecule has 0 radical (unpaired) electrons. The van der Waals surface area contributed by atoms with Crippen molar-refractivity contribution in [3.63, 3.8) is 0 Å². The fourth-order valence-electron chi connectivity index (χ4n) is 3.04. The van der Waals surface area contributed by atoms with E-state index in [4.69, 9.17) is 4.74 Å². The van der Waals surface area contributed by atoms with Crippen LogP contribution in [0.3, 0.4) is 0 Å². The second-order valence-corrected chi connectivity index (χ2v) is 6.72. The summed E-state index contributed by atoms with van der Waals surface area (Å²) in [5.41, 5.74) is -0.403. The first-order valence-corrected chi connectivity index (χ1v) is 6.79. The number of Topliss-reactive ketones (excluding diaryl/α,β-unsaturated/α-hetero) is 1. The highest BCUT2D eigenvalue weighted by molar-refractivity contribution is 5.81. The summed E-state index contributed by atoms with van der Waals surface area (Å²) in [5, 5.41) is 0. The number of ether oxygens (including phenoxy) is 1. The van der Waals surface area contributed by atoms with Gasteiger partial charge in [0.15, 0.2) is 0 Å². The van der Waals surface area contributed by atoms with Crippen LogP contribution < -0.4 is 0 Å². The van der Waals surface area contributed by atoms with Crippen molar-refractivity contribution in [3.8, 4) is 0 Å². The summed E-state index contributed by atoms with van der Waals surface area (Å²) in [6.45, 7) is 7.08. The molecule has 1 amide bonds. The predicted molar refractivity (Wildman–Crippen MR) is 68.3 cm³/mol. The van der Waals surface area contributed by atoms with Crippen LogP contribution in [0.2, 0.25) is 0 Å². The monoisotopic (exact) mass is 253 g/mol. The van der Waals surface area contributed by atoms with Crippen LogP contribution in [0.25, 0.3) is 0 Å². The lowest BCUT2D eigenvalue weighted by molar-refractivity contribution is -0.118. The number of nitrogens with zero attached hydrogens (tertiary/aromatic N) is 1. The number of amides is 1. The van der Waals surface area contributed by atoms with E-state index in [-0.39, 0.29) is 11.5 Å². The number of rotatable bonds is 0. The van der Waals surface area contributed by atoms with Gasteiger partial charge in [-0.25, -0.2) is 4.79 Å². The van der Waals surface area contributed by atoms with Crippen LogP contribution in [-0.2, 0) is 9.53 Å². The van der Waals surface area contributed by atoms with Gasteiger partial charge in [-0.15, -0.1) is 0 Å². The van der Waals surface area contributed by atoms with Gasteiger partial charge in [-0.3, -0.25) is 4.79 Å². The molecule has 1 saturated carbocycles. The molecule has 1 aliphatic carbocycles. The Morgan fingerprint density at radius 2 is 2.06 bits per heavy atom. The first kappa shape index (κ1) is 13.4. The lowest BCUT2D eigenvalue weighted by atomic mass is 9.78. The van der Waals surface area contributed by atoms with E-state index in [1.807, 2.05) is 20.8 Å². The predicted octanol–water partition coefficient (Wildman–Crippen LogP) is 2.76. The van der Waals surface area contributed by atoms with E-state index in [9.17, 15) is 9.59 Å². The quantitative estimate of drug-likeness (QED) is 0.667. The number of hydrogen-bond acceptors (Lipinski definition) is 3. The molecule has 2 aliphatic rings. The van der Waals surface area contributed by atoms with Crippen LogP contribution in [0, 0.1) is 5.41 Å². The van der Waals surface area contributed by atoms with E-state index in [1.165, 1.54) is 0 Å². The minimum Gasteiger partial charge on any atom is -0.444 e. The number of piperidine rings is 1. The zero-order valence-corrected chi connectivity index (χ0v) is 11.6.